The molecule has 0 spiro atoms. The lowest BCUT2D eigenvalue weighted by Gasteiger charge is -2.02. The topological polar surface area (TPSA) is 107 Å². The lowest BCUT2D eigenvalue weighted by atomic mass is 10.2. The van der Waals surface area contributed by atoms with Crippen molar-refractivity contribution in [3.8, 4) is 16.3 Å². The Morgan fingerprint density at radius 3 is 2.88 bits per heavy atom. The molecule has 1 aromatic carbocycles. The molecule has 0 aliphatic carbocycles. The number of nitrogens with one attached hydrogen (secondary N) is 2. The van der Waals surface area contributed by atoms with Crippen LogP contribution in [0.5, 0.6) is 5.75 Å². The van der Waals surface area contributed by atoms with Crippen molar-refractivity contribution in [2.75, 3.05) is 0 Å². The predicted molar refractivity (Wildman–Crippen MR) is 91.3 cm³/mol. The number of carbonyl (C=O) groups is 1. The van der Waals surface area contributed by atoms with Gasteiger partial charge in [0.05, 0.1) is 16.8 Å². The zero-order valence-electron chi connectivity index (χ0n) is 12.3. The SMILES string of the molecule is O=C(N/N=C/c1ccccc1O)c1cc(-c2cccs2)[nH]c(=O)n1. The number of para-hydroxylation sites is 1. The van der Waals surface area contributed by atoms with Crippen molar-refractivity contribution in [2.45, 2.75) is 0 Å². The third-order valence-electron chi connectivity index (χ3n) is 3.07. The highest BCUT2D eigenvalue weighted by molar-refractivity contribution is 7.13. The monoisotopic (exact) mass is 340 g/mol. The van der Waals surface area contributed by atoms with E-state index in [1.807, 2.05) is 17.5 Å². The maximum Gasteiger partial charge on any atom is 0.346 e. The van der Waals surface area contributed by atoms with Crippen LogP contribution in [-0.4, -0.2) is 27.2 Å². The Balaban J connectivity index is 1.78. The van der Waals surface area contributed by atoms with Crippen LogP contribution in [0.4, 0.5) is 0 Å². The molecular formula is C16H12N4O3S. The molecule has 3 N–H and O–H groups in total. The number of phenolic OH excluding ortho intramolecular Hbond substituents is 1. The van der Waals surface area contributed by atoms with Crippen molar-refractivity contribution in [3.05, 3.63) is 69.6 Å². The number of nitrogens with zero attached hydrogens (tertiary/aromatic N) is 2. The number of aromatic amines is 1. The quantitative estimate of drug-likeness (QED) is 0.498. The van der Waals surface area contributed by atoms with Gasteiger partial charge in [0.15, 0.2) is 0 Å². The molecule has 0 radical (unpaired) electrons. The van der Waals surface area contributed by atoms with E-state index in [0.717, 1.165) is 4.88 Å². The Labute approximate surface area is 140 Å². The van der Waals surface area contributed by atoms with E-state index in [4.69, 9.17) is 0 Å². The van der Waals surface area contributed by atoms with Crippen LogP contribution in [0.3, 0.4) is 0 Å². The molecule has 0 aliphatic rings. The number of H-pyrrole nitrogens is 1. The van der Waals surface area contributed by atoms with Crippen LogP contribution in [0, 0.1) is 0 Å². The Bertz CT molecular complexity index is 948. The fourth-order valence-electron chi connectivity index (χ4n) is 1.95. The Morgan fingerprint density at radius 2 is 2.12 bits per heavy atom. The van der Waals surface area contributed by atoms with Crippen molar-refractivity contribution >= 4 is 23.5 Å². The predicted octanol–water partition coefficient (Wildman–Crippen LogP) is 1.97. The molecule has 0 bridgehead atoms. The van der Waals surface area contributed by atoms with E-state index in [1.165, 1.54) is 29.7 Å². The van der Waals surface area contributed by atoms with E-state index in [9.17, 15) is 14.7 Å². The van der Waals surface area contributed by atoms with Crippen LogP contribution < -0.4 is 11.1 Å². The van der Waals surface area contributed by atoms with Gasteiger partial charge in [0.25, 0.3) is 5.91 Å². The highest BCUT2D eigenvalue weighted by Gasteiger charge is 2.11. The number of aromatic hydroxyl groups is 1. The van der Waals surface area contributed by atoms with E-state index in [0.29, 0.717) is 11.3 Å². The van der Waals surface area contributed by atoms with Gasteiger partial charge < -0.3 is 10.1 Å². The second kappa shape index (κ2) is 6.88. The standard InChI is InChI=1S/C16H12N4O3S/c21-13-5-2-1-4-10(13)9-17-20-15(22)12-8-11(18-16(23)19-12)14-6-3-7-24-14/h1-9,21H,(H,20,22)(H,18,19,23)/b17-9+. The minimum atomic E-state index is -0.620. The molecule has 0 saturated carbocycles. The van der Waals surface area contributed by atoms with E-state index in [1.54, 1.807) is 18.2 Å². The molecule has 8 heteroatoms. The van der Waals surface area contributed by atoms with Gasteiger partial charge in [-0.05, 0) is 29.6 Å². The van der Waals surface area contributed by atoms with Gasteiger partial charge in [0.1, 0.15) is 11.4 Å². The number of thiophene rings is 1. The molecule has 2 heterocycles. The first-order valence-electron chi connectivity index (χ1n) is 6.90. The normalized spacial score (nSPS) is 10.8. The average molecular weight is 340 g/mol. The van der Waals surface area contributed by atoms with Crippen LogP contribution in [0.15, 0.2) is 57.7 Å². The van der Waals surface area contributed by atoms with Crippen molar-refractivity contribution in [2.24, 2.45) is 5.10 Å². The fraction of sp³-hybridized carbons (Fsp3) is 0. The summed E-state index contributed by atoms with van der Waals surface area (Å²) in [5.41, 5.74) is 2.59. The van der Waals surface area contributed by atoms with Gasteiger partial charge in [-0.15, -0.1) is 11.3 Å². The maximum absolute atomic E-state index is 12.1. The number of hydrazone groups is 1. The zero-order chi connectivity index (χ0) is 16.9. The summed E-state index contributed by atoms with van der Waals surface area (Å²) in [6.07, 6.45) is 1.31. The summed E-state index contributed by atoms with van der Waals surface area (Å²) in [7, 11) is 0. The zero-order valence-corrected chi connectivity index (χ0v) is 13.1. The molecule has 2 aromatic heterocycles. The van der Waals surface area contributed by atoms with E-state index in [2.05, 4.69) is 20.5 Å². The Morgan fingerprint density at radius 1 is 1.29 bits per heavy atom. The third kappa shape index (κ3) is 3.55. The van der Waals surface area contributed by atoms with Crippen molar-refractivity contribution in [1.82, 2.24) is 15.4 Å². The van der Waals surface area contributed by atoms with Gasteiger partial charge >= 0.3 is 5.69 Å². The van der Waals surface area contributed by atoms with Crippen molar-refractivity contribution < 1.29 is 9.90 Å². The first kappa shape index (κ1) is 15.6. The summed E-state index contributed by atoms with van der Waals surface area (Å²) in [5.74, 6) is -0.574. The lowest BCUT2D eigenvalue weighted by Crippen LogP contribution is -2.24. The summed E-state index contributed by atoms with van der Waals surface area (Å²) in [5, 5.41) is 15.2. The summed E-state index contributed by atoms with van der Waals surface area (Å²) < 4.78 is 0. The number of phenols is 1. The number of hydrogen-bond acceptors (Lipinski definition) is 6. The first-order valence-corrected chi connectivity index (χ1v) is 7.78. The van der Waals surface area contributed by atoms with Gasteiger partial charge in [-0.2, -0.15) is 10.1 Å². The van der Waals surface area contributed by atoms with Crippen LogP contribution >= 0.6 is 11.3 Å². The number of carbonyl (C=O) groups excluding carboxylic acids is 1. The van der Waals surface area contributed by atoms with Crippen molar-refractivity contribution in [1.29, 1.82) is 0 Å². The van der Waals surface area contributed by atoms with Gasteiger partial charge in [-0.1, -0.05) is 18.2 Å². The molecule has 120 valence electrons. The molecule has 1 amide bonds. The summed E-state index contributed by atoms with van der Waals surface area (Å²) in [6.45, 7) is 0. The van der Waals surface area contributed by atoms with Gasteiger partial charge in [-0.3, -0.25) is 4.79 Å². The van der Waals surface area contributed by atoms with Gasteiger partial charge in [0.2, 0.25) is 0 Å². The van der Waals surface area contributed by atoms with Crippen LogP contribution in [0.1, 0.15) is 16.1 Å². The van der Waals surface area contributed by atoms with Gasteiger partial charge in [0, 0.05) is 5.56 Å². The number of rotatable bonds is 4. The molecule has 0 atom stereocenters. The van der Waals surface area contributed by atoms with Gasteiger partial charge in [-0.25, -0.2) is 10.2 Å². The molecule has 7 nitrogen and oxygen atoms in total. The summed E-state index contributed by atoms with van der Waals surface area (Å²) >= 11 is 1.43. The second-order valence-electron chi connectivity index (χ2n) is 4.72. The lowest BCUT2D eigenvalue weighted by molar-refractivity contribution is 0.0949. The van der Waals surface area contributed by atoms with E-state index in [-0.39, 0.29) is 11.4 Å². The third-order valence-corrected chi connectivity index (χ3v) is 3.97. The molecule has 0 aliphatic heterocycles. The molecule has 0 unspecified atom stereocenters. The highest BCUT2D eigenvalue weighted by atomic mass is 32.1. The average Bonchev–Trinajstić information content (AvgIpc) is 3.10. The molecule has 0 saturated heterocycles. The number of aromatic nitrogens is 2. The Hall–Kier alpha value is -3.26. The maximum atomic E-state index is 12.1. The highest BCUT2D eigenvalue weighted by Crippen LogP contribution is 2.21. The van der Waals surface area contributed by atoms with Crippen molar-refractivity contribution in [3.63, 3.8) is 0 Å². The summed E-state index contributed by atoms with van der Waals surface area (Å²) in [6, 6.07) is 11.7. The number of hydrogen-bond donors (Lipinski definition) is 3. The number of amides is 1. The first-order chi connectivity index (χ1) is 11.6. The molecule has 0 fully saturated rings. The van der Waals surface area contributed by atoms with Crippen LogP contribution in [-0.2, 0) is 0 Å². The minimum Gasteiger partial charge on any atom is -0.507 e. The minimum absolute atomic E-state index is 0.0448. The fourth-order valence-corrected chi connectivity index (χ4v) is 2.65. The molecule has 24 heavy (non-hydrogen) atoms. The Kier molecular flexibility index (Phi) is 4.48. The number of benzene rings is 1. The largest absolute Gasteiger partial charge is 0.507 e. The van der Waals surface area contributed by atoms with Crippen LogP contribution in [0.25, 0.3) is 10.6 Å². The molecular weight excluding hydrogens is 328 g/mol. The second-order valence-corrected chi connectivity index (χ2v) is 5.67. The van der Waals surface area contributed by atoms with E-state index >= 15 is 0 Å². The smallest absolute Gasteiger partial charge is 0.346 e. The summed E-state index contributed by atoms with van der Waals surface area (Å²) in [4.78, 5) is 30.8. The molecule has 3 rings (SSSR count). The van der Waals surface area contributed by atoms with Crippen LogP contribution in [0.2, 0.25) is 0 Å². The molecule has 3 aromatic rings. The van der Waals surface area contributed by atoms with E-state index < -0.39 is 11.6 Å².